The summed E-state index contributed by atoms with van der Waals surface area (Å²) >= 11 is 2.91. The van der Waals surface area contributed by atoms with Gasteiger partial charge in [-0.05, 0) is 89.8 Å². The van der Waals surface area contributed by atoms with Gasteiger partial charge >= 0.3 is 0 Å². The number of likely N-dealkylation sites (tertiary alicyclic amines) is 2. The molecule has 10 nitrogen and oxygen atoms in total. The number of nitrogens with zero attached hydrogens (tertiary/aromatic N) is 6. The number of carbonyl (C=O) groups excluding carboxylic acids is 2. The highest BCUT2D eigenvalue weighted by Crippen LogP contribution is 2.36. The first-order chi connectivity index (χ1) is 23.2. The standard InChI is InChI=1S/C36H34N8O2S2/c1-19-31(47-21(3)37-19)35(45)43-15-5-7-29(43)33-39-25-13-11-23(17-27(25)41-33)9-10-24-12-14-26-28(18-24)42-34(40-26)30-8-6-16-44(30)36(46)32-20(2)38-22(4)48-32/h11-14,17-18,29-30H,5-8,15-16H2,1-4H3,(H,39,41)(H,40,42)/t29-,30-/m0/s1. The van der Waals surface area contributed by atoms with Crippen LogP contribution in [0.25, 0.3) is 22.1 Å². The van der Waals surface area contributed by atoms with E-state index >= 15 is 0 Å². The van der Waals surface area contributed by atoms with Crippen LogP contribution in [0.3, 0.4) is 0 Å². The van der Waals surface area contributed by atoms with E-state index in [4.69, 9.17) is 9.97 Å². The van der Waals surface area contributed by atoms with Gasteiger partial charge in [-0.3, -0.25) is 9.59 Å². The monoisotopic (exact) mass is 674 g/mol. The summed E-state index contributed by atoms with van der Waals surface area (Å²) in [4.78, 5) is 57.7. The lowest BCUT2D eigenvalue weighted by molar-refractivity contribution is 0.0727. The fourth-order valence-corrected chi connectivity index (χ4v) is 8.73. The maximum atomic E-state index is 13.4. The summed E-state index contributed by atoms with van der Waals surface area (Å²) in [7, 11) is 0. The third kappa shape index (κ3) is 5.46. The highest BCUT2D eigenvalue weighted by Gasteiger charge is 2.35. The Bertz CT molecular complexity index is 2140. The SMILES string of the molecule is Cc1nc(C)c(C(=O)N2CCC[C@H]2c2nc3ccc(C#Cc4ccc5nc([C@@H]6CCCN6C(=O)c6sc(C)nc6C)[nH]c5c4)cc3[nH]2)s1. The molecule has 2 atom stereocenters. The molecule has 48 heavy (non-hydrogen) atoms. The fourth-order valence-electron chi connectivity index (χ4n) is 6.98. The second kappa shape index (κ2) is 12.0. The Morgan fingerprint density at radius 1 is 0.688 bits per heavy atom. The number of thiazole rings is 2. The molecule has 6 aromatic rings. The van der Waals surface area contributed by atoms with Gasteiger partial charge in [-0.1, -0.05) is 11.8 Å². The third-order valence-electron chi connectivity index (χ3n) is 9.21. The van der Waals surface area contributed by atoms with Gasteiger partial charge in [-0.25, -0.2) is 19.9 Å². The molecule has 12 heteroatoms. The first-order valence-corrected chi connectivity index (χ1v) is 17.9. The van der Waals surface area contributed by atoms with Crippen molar-refractivity contribution in [3.8, 4) is 11.8 Å². The molecule has 2 saturated heterocycles. The molecule has 0 aliphatic carbocycles. The van der Waals surface area contributed by atoms with E-state index in [0.717, 1.165) is 91.9 Å². The molecule has 2 N–H and O–H groups in total. The Balaban J connectivity index is 1.01. The van der Waals surface area contributed by atoms with E-state index in [2.05, 4.69) is 31.8 Å². The molecule has 2 fully saturated rings. The summed E-state index contributed by atoms with van der Waals surface area (Å²) < 4.78 is 0. The second-order valence-corrected chi connectivity index (χ2v) is 15.0. The molecule has 0 bridgehead atoms. The molecule has 0 saturated carbocycles. The zero-order valence-corrected chi connectivity index (χ0v) is 28.8. The van der Waals surface area contributed by atoms with E-state index in [1.165, 1.54) is 22.7 Å². The predicted molar refractivity (Wildman–Crippen MR) is 187 cm³/mol. The van der Waals surface area contributed by atoms with Crippen LogP contribution in [-0.2, 0) is 0 Å². The van der Waals surface area contributed by atoms with Crippen LogP contribution in [0.5, 0.6) is 0 Å². The van der Waals surface area contributed by atoms with Crippen molar-refractivity contribution in [2.75, 3.05) is 13.1 Å². The average molecular weight is 675 g/mol. The number of rotatable bonds is 4. The Morgan fingerprint density at radius 3 is 1.52 bits per heavy atom. The van der Waals surface area contributed by atoms with Crippen LogP contribution in [-0.4, -0.2) is 64.6 Å². The van der Waals surface area contributed by atoms with Crippen LogP contribution >= 0.6 is 22.7 Å². The number of aryl methyl sites for hydroxylation is 4. The normalized spacial score (nSPS) is 17.8. The molecule has 2 amide bonds. The van der Waals surface area contributed by atoms with E-state index in [1.54, 1.807) is 0 Å². The number of carbonyl (C=O) groups is 2. The highest BCUT2D eigenvalue weighted by molar-refractivity contribution is 7.14. The molecule has 2 aromatic carbocycles. The lowest BCUT2D eigenvalue weighted by atomic mass is 10.1. The number of benzene rings is 2. The number of hydrogen-bond acceptors (Lipinski definition) is 8. The molecule has 0 unspecified atom stereocenters. The van der Waals surface area contributed by atoms with Gasteiger partial charge in [0.05, 0.1) is 55.6 Å². The van der Waals surface area contributed by atoms with Crippen molar-refractivity contribution in [1.29, 1.82) is 0 Å². The molecule has 0 spiro atoms. The number of aromatic nitrogens is 6. The molecule has 6 heterocycles. The Labute approximate surface area is 285 Å². The van der Waals surface area contributed by atoms with Gasteiger partial charge in [0, 0.05) is 24.2 Å². The van der Waals surface area contributed by atoms with E-state index in [0.29, 0.717) is 22.8 Å². The lowest BCUT2D eigenvalue weighted by Gasteiger charge is -2.22. The van der Waals surface area contributed by atoms with Gasteiger partial charge in [0.25, 0.3) is 11.8 Å². The van der Waals surface area contributed by atoms with Gasteiger partial charge in [-0.15, -0.1) is 22.7 Å². The lowest BCUT2D eigenvalue weighted by Crippen LogP contribution is -2.31. The number of H-pyrrole nitrogens is 2. The number of hydrogen-bond donors (Lipinski definition) is 2. The maximum absolute atomic E-state index is 13.4. The summed E-state index contributed by atoms with van der Waals surface area (Å²) in [6.45, 7) is 9.08. The van der Waals surface area contributed by atoms with Crippen LogP contribution in [0.1, 0.15) is 101 Å². The quantitative estimate of drug-likeness (QED) is 0.195. The van der Waals surface area contributed by atoms with Crippen LogP contribution in [0.2, 0.25) is 0 Å². The summed E-state index contributed by atoms with van der Waals surface area (Å²) in [5.41, 5.74) is 6.81. The molecule has 2 aliphatic heterocycles. The van der Waals surface area contributed by atoms with Gasteiger partial charge in [0.2, 0.25) is 0 Å². The Kier molecular flexibility index (Phi) is 7.61. The summed E-state index contributed by atoms with van der Waals surface area (Å²) in [5.74, 6) is 8.28. The first-order valence-electron chi connectivity index (χ1n) is 16.2. The first kappa shape index (κ1) is 30.5. The van der Waals surface area contributed by atoms with Crippen molar-refractivity contribution in [1.82, 2.24) is 39.7 Å². The number of nitrogens with one attached hydrogen (secondary N) is 2. The van der Waals surface area contributed by atoms with Crippen LogP contribution in [0, 0.1) is 39.5 Å². The Hall–Kier alpha value is -4.86. The molecule has 0 radical (unpaired) electrons. The molecule has 2 aliphatic rings. The van der Waals surface area contributed by atoms with Crippen LogP contribution in [0.4, 0.5) is 0 Å². The van der Waals surface area contributed by atoms with Crippen molar-refractivity contribution >= 4 is 56.6 Å². The van der Waals surface area contributed by atoms with Gasteiger partial charge in [-0.2, -0.15) is 0 Å². The Morgan fingerprint density at radius 2 is 1.12 bits per heavy atom. The zero-order valence-electron chi connectivity index (χ0n) is 27.2. The minimum atomic E-state index is -0.0947. The number of fused-ring (bicyclic) bond motifs is 2. The van der Waals surface area contributed by atoms with E-state index < -0.39 is 0 Å². The molecule has 8 rings (SSSR count). The van der Waals surface area contributed by atoms with Crippen LogP contribution in [0.15, 0.2) is 36.4 Å². The molecule has 4 aromatic heterocycles. The van der Waals surface area contributed by atoms with Crippen molar-refractivity contribution < 1.29 is 9.59 Å². The topological polar surface area (TPSA) is 124 Å². The molecule has 242 valence electrons. The largest absolute Gasteiger partial charge is 0.340 e. The molecular formula is C36H34N8O2S2. The third-order valence-corrected chi connectivity index (χ3v) is 11.3. The summed E-state index contributed by atoms with van der Waals surface area (Å²) in [6, 6.07) is 11.8. The smallest absolute Gasteiger partial charge is 0.266 e. The van der Waals surface area contributed by atoms with Gasteiger partial charge in [0.15, 0.2) is 0 Å². The van der Waals surface area contributed by atoms with Crippen molar-refractivity contribution in [3.63, 3.8) is 0 Å². The van der Waals surface area contributed by atoms with Crippen molar-refractivity contribution in [2.24, 2.45) is 0 Å². The van der Waals surface area contributed by atoms with E-state index in [-0.39, 0.29) is 23.9 Å². The minimum absolute atomic E-state index is 0.0316. The fraction of sp³-hybridized carbons (Fsp3) is 0.333. The minimum Gasteiger partial charge on any atom is -0.340 e. The number of amides is 2. The summed E-state index contributed by atoms with van der Waals surface area (Å²) in [5, 5.41) is 1.81. The van der Waals surface area contributed by atoms with Crippen molar-refractivity contribution in [2.45, 2.75) is 65.5 Å². The molecular weight excluding hydrogens is 641 g/mol. The van der Waals surface area contributed by atoms with E-state index in [9.17, 15) is 9.59 Å². The van der Waals surface area contributed by atoms with Gasteiger partial charge in [0.1, 0.15) is 21.4 Å². The predicted octanol–water partition coefficient (Wildman–Crippen LogP) is 6.94. The number of imidazole rings is 2. The average Bonchev–Trinajstić information content (AvgIpc) is 3.91. The second-order valence-electron chi connectivity index (χ2n) is 12.6. The van der Waals surface area contributed by atoms with Crippen molar-refractivity contribution in [3.05, 3.63) is 90.3 Å². The van der Waals surface area contributed by atoms with E-state index in [1.807, 2.05) is 73.9 Å². The summed E-state index contributed by atoms with van der Waals surface area (Å²) in [6.07, 6.45) is 3.61. The van der Waals surface area contributed by atoms with Crippen LogP contribution < -0.4 is 0 Å². The maximum Gasteiger partial charge on any atom is 0.266 e. The number of aromatic amines is 2. The highest BCUT2D eigenvalue weighted by atomic mass is 32.1. The van der Waals surface area contributed by atoms with Gasteiger partial charge < -0.3 is 19.8 Å². The zero-order chi connectivity index (χ0) is 33.1.